The molecule has 1 rings (SSSR count). The summed E-state index contributed by atoms with van der Waals surface area (Å²) in [5.41, 5.74) is 10.1. The van der Waals surface area contributed by atoms with Gasteiger partial charge in [-0.05, 0) is 12.1 Å². The smallest absolute Gasteiger partial charge is 0.133 e. The molecule has 0 unspecified atom stereocenters. The van der Waals surface area contributed by atoms with Crippen LogP contribution < -0.4 is 11.5 Å². The van der Waals surface area contributed by atoms with Gasteiger partial charge in [-0.2, -0.15) is 0 Å². The number of nitrogen functional groups attached to an aromatic ring is 1. The zero-order valence-corrected chi connectivity index (χ0v) is 6.80. The van der Waals surface area contributed by atoms with Gasteiger partial charge >= 0.3 is 0 Å². The highest BCUT2D eigenvalue weighted by Crippen LogP contribution is 2.21. The van der Waals surface area contributed by atoms with Crippen LogP contribution in [0.1, 0.15) is 11.6 Å². The summed E-state index contributed by atoms with van der Waals surface area (Å²) in [7, 11) is 0. The number of halogens is 2. The predicted octanol–water partition coefficient (Wildman–Crippen LogP) is 0.539. The summed E-state index contributed by atoms with van der Waals surface area (Å²) in [6.07, 6.45) is 0. The van der Waals surface area contributed by atoms with Crippen molar-refractivity contribution in [3.8, 4) is 0 Å². The standard InChI is InChI=1S/C8H10F2N2O/c9-5-1-4(11)2-6(10)8(5)7(12)3-13/h1-2,7,13H,3,11-12H2/t7-/m1/s1. The van der Waals surface area contributed by atoms with Crippen LogP contribution in [0.2, 0.25) is 0 Å². The van der Waals surface area contributed by atoms with Gasteiger partial charge in [-0.1, -0.05) is 0 Å². The highest BCUT2D eigenvalue weighted by atomic mass is 19.1. The Hall–Kier alpha value is -1.20. The molecule has 72 valence electrons. The first-order chi connectivity index (χ1) is 6.06. The number of nitrogens with two attached hydrogens (primary N) is 2. The topological polar surface area (TPSA) is 72.3 Å². The van der Waals surface area contributed by atoms with E-state index in [0.29, 0.717) is 0 Å². The molecule has 0 saturated carbocycles. The Kier molecular flexibility index (Phi) is 2.79. The predicted molar refractivity (Wildman–Crippen MR) is 44.8 cm³/mol. The van der Waals surface area contributed by atoms with Crippen LogP contribution in [0.15, 0.2) is 12.1 Å². The molecule has 13 heavy (non-hydrogen) atoms. The Labute approximate surface area is 74.0 Å². The molecule has 0 saturated heterocycles. The van der Waals surface area contributed by atoms with Crippen molar-refractivity contribution in [3.63, 3.8) is 0 Å². The van der Waals surface area contributed by atoms with E-state index in [0.717, 1.165) is 12.1 Å². The van der Waals surface area contributed by atoms with Crippen molar-refractivity contribution in [2.24, 2.45) is 5.73 Å². The Morgan fingerprint density at radius 3 is 2.15 bits per heavy atom. The van der Waals surface area contributed by atoms with Crippen LogP contribution in [-0.4, -0.2) is 11.7 Å². The van der Waals surface area contributed by atoms with E-state index in [2.05, 4.69) is 0 Å². The first-order valence-electron chi connectivity index (χ1n) is 3.67. The lowest BCUT2D eigenvalue weighted by molar-refractivity contribution is 0.262. The van der Waals surface area contributed by atoms with Gasteiger partial charge in [0.25, 0.3) is 0 Å². The van der Waals surface area contributed by atoms with Crippen LogP contribution in [0.3, 0.4) is 0 Å². The molecule has 1 aromatic rings. The number of anilines is 1. The second-order valence-electron chi connectivity index (χ2n) is 2.69. The minimum atomic E-state index is -1.06. The molecule has 0 bridgehead atoms. The number of aliphatic hydroxyl groups excluding tert-OH is 1. The number of aliphatic hydroxyl groups is 1. The lowest BCUT2D eigenvalue weighted by atomic mass is 10.1. The van der Waals surface area contributed by atoms with Gasteiger partial charge in [0.05, 0.1) is 12.6 Å². The van der Waals surface area contributed by atoms with Crippen molar-refractivity contribution in [2.45, 2.75) is 6.04 Å². The third-order valence-electron chi connectivity index (χ3n) is 1.67. The molecule has 0 aliphatic rings. The van der Waals surface area contributed by atoms with E-state index in [1.165, 1.54) is 0 Å². The first kappa shape index (κ1) is 9.88. The van der Waals surface area contributed by atoms with Crippen LogP contribution in [0, 0.1) is 11.6 Å². The fraction of sp³-hybridized carbons (Fsp3) is 0.250. The summed E-state index contributed by atoms with van der Waals surface area (Å²) in [6.45, 7) is -0.516. The maximum atomic E-state index is 13.0. The van der Waals surface area contributed by atoms with Gasteiger partial charge in [-0.25, -0.2) is 8.78 Å². The van der Waals surface area contributed by atoms with E-state index in [1.54, 1.807) is 0 Å². The Bertz CT molecular complexity index is 294. The van der Waals surface area contributed by atoms with Crippen molar-refractivity contribution in [1.29, 1.82) is 0 Å². The van der Waals surface area contributed by atoms with Gasteiger partial charge < -0.3 is 16.6 Å². The summed E-state index contributed by atoms with van der Waals surface area (Å²) in [5.74, 6) is -1.67. The SMILES string of the molecule is Nc1cc(F)c([C@H](N)CO)c(F)c1. The molecule has 0 aliphatic carbocycles. The van der Waals surface area contributed by atoms with Gasteiger partial charge in [-0.15, -0.1) is 0 Å². The summed E-state index contributed by atoms with van der Waals surface area (Å²) in [6, 6.07) is 0.877. The van der Waals surface area contributed by atoms with Crippen LogP contribution in [-0.2, 0) is 0 Å². The second kappa shape index (κ2) is 3.68. The number of benzene rings is 1. The van der Waals surface area contributed by atoms with E-state index in [4.69, 9.17) is 16.6 Å². The molecule has 0 spiro atoms. The van der Waals surface area contributed by atoms with Gasteiger partial charge in [0, 0.05) is 11.3 Å². The van der Waals surface area contributed by atoms with E-state index in [9.17, 15) is 8.78 Å². The van der Waals surface area contributed by atoms with Gasteiger partial charge in [0.1, 0.15) is 11.6 Å². The minimum Gasteiger partial charge on any atom is -0.399 e. The second-order valence-corrected chi connectivity index (χ2v) is 2.69. The number of rotatable bonds is 2. The summed E-state index contributed by atoms with van der Waals surface area (Å²) >= 11 is 0. The average molecular weight is 188 g/mol. The Morgan fingerprint density at radius 2 is 1.77 bits per heavy atom. The molecule has 0 aromatic heterocycles. The van der Waals surface area contributed by atoms with Crippen LogP contribution in [0.4, 0.5) is 14.5 Å². The fourth-order valence-corrected chi connectivity index (χ4v) is 1.05. The molecule has 1 aromatic carbocycles. The largest absolute Gasteiger partial charge is 0.399 e. The third-order valence-corrected chi connectivity index (χ3v) is 1.67. The van der Waals surface area contributed by atoms with E-state index in [-0.39, 0.29) is 11.3 Å². The molecular formula is C8H10F2N2O. The third kappa shape index (κ3) is 1.93. The molecule has 0 aliphatic heterocycles. The van der Waals surface area contributed by atoms with Crippen molar-refractivity contribution in [3.05, 3.63) is 29.3 Å². The highest BCUT2D eigenvalue weighted by Gasteiger charge is 2.16. The Balaban J connectivity index is 3.20. The maximum absolute atomic E-state index is 13.0. The van der Waals surface area contributed by atoms with Crippen molar-refractivity contribution in [2.75, 3.05) is 12.3 Å². The molecule has 3 nitrogen and oxygen atoms in total. The summed E-state index contributed by atoms with van der Waals surface area (Å²) in [5, 5.41) is 8.62. The monoisotopic (exact) mass is 188 g/mol. The molecule has 1 atom stereocenters. The zero-order chi connectivity index (χ0) is 10.0. The number of hydrogen-bond acceptors (Lipinski definition) is 3. The van der Waals surface area contributed by atoms with Crippen LogP contribution >= 0.6 is 0 Å². The van der Waals surface area contributed by atoms with E-state index < -0.39 is 24.3 Å². The molecule has 0 heterocycles. The summed E-state index contributed by atoms with van der Waals surface area (Å²) in [4.78, 5) is 0. The number of hydrogen-bond donors (Lipinski definition) is 3. The van der Waals surface area contributed by atoms with Gasteiger partial charge in [0.2, 0.25) is 0 Å². The molecule has 5 N–H and O–H groups in total. The average Bonchev–Trinajstić information content (AvgIpc) is 2.02. The maximum Gasteiger partial charge on any atom is 0.133 e. The molecule has 5 heteroatoms. The highest BCUT2D eigenvalue weighted by molar-refractivity contribution is 5.42. The molecule has 0 amide bonds. The van der Waals surface area contributed by atoms with Crippen LogP contribution in [0.5, 0.6) is 0 Å². The zero-order valence-electron chi connectivity index (χ0n) is 6.80. The Morgan fingerprint density at radius 1 is 1.31 bits per heavy atom. The van der Waals surface area contributed by atoms with E-state index >= 15 is 0 Å². The van der Waals surface area contributed by atoms with Crippen molar-refractivity contribution in [1.82, 2.24) is 0 Å². The molecular weight excluding hydrogens is 178 g/mol. The van der Waals surface area contributed by atoms with Crippen molar-refractivity contribution < 1.29 is 13.9 Å². The first-order valence-corrected chi connectivity index (χ1v) is 3.67. The van der Waals surface area contributed by atoms with Gasteiger partial charge in [-0.3, -0.25) is 0 Å². The fourth-order valence-electron chi connectivity index (χ4n) is 1.05. The lowest BCUT2D eigenvalue weighted by Crippen LogP contribution is -2.18. The minimum absolute atomic E-state index is 0.0103. The van der Waals surface area contributed by atoms with Crippen molar-refractivity contribution >= 4 is 5.69 Å². The van der Waals surface area contributed by atoms with Gasteiger partial charge in [0.15, 0.2) is 0 Å². The van der Waals surface area contributed by atoms with E-state index in [1.807, 2.05) is 0 Å². The molecule has 0 fully saturated rings. The normalized spacial score (nSPS) is 12.9. The quantitative estimate of drug-likeness (QED) is 0.593. The molecule has 0 radical (unpaired) electrons. The lowest BCUT2D eigenvalue weighted by Gasteiger charge is -2.11. The van der Waals surface area contributed by atoms with Crippen LogP contribution in [0.25, 0.3) is 0 Å². The summed E-state index contributed by atoms with van der Waals surface area (Å²) < 4.78 is 26.1.